The van der Waals surface area contributed by atoms with Crippen LogP contribution in [0, 0.1) is 0 Å². The van der Waals surface area contributed by atoms with E-state index in [9.17, 15) is 4.79 Å². The van der Waals surface area contributed by atoms with Gasteiger partial charge in [-0.25, -0.2) is 0 Å². The number of nitrogens with one attached hydrogen (secondary N) is 1. The predicted molar refractivity (Wildman–Crippen MR) is 69.6 cm³/mol. The molecule has 98 valence electrons. The second kappa shape index (κ2) is 4.55. The molecule has 1 aromatic carbocycles. The van der Waals surface area contributed by atoms with Crippen molar-refractivity contribution in [1.29, 1.82) is 0 Å². The molecule has 0 atom stereocenters. The highest BCUT2D eigenvalue weighted by Crippen LogP contribution is 2.28. The van der Waals surface area contributed by atoms with E-state index in [2.05, 4.69) is 15.5 Å². The fourth-order valence-electron chi connectivity index (χ4n) is 1.61. The molecule has 1 fully saturated rings. The van der Waals surface area contributed by atoms with Gasteiger partial charge < -0.3 is 15.6 Å². The lowest BCUT2D eigenvalue weighted by atomic mass is 10.2. The molecule has 3 N–H and O–H groups in total. The number of benzene rings is 1. The molecule has 2 aromatic rings. The molecule has 6 nitrogen and oxygen atoms in total. The molecule has 0 unspecified atom stereocenters. The van der Waals surface area contributed by atoms with Gasteiger partial charge in [-0.1, -0.05) is 16.8 Å². The van der Waals surface area contributed by atoms with Crippen LogP contribution in [0.3, 0.4) is 0 Å². The summed E-state index contributed by atoms with van der Waals surface area (Å²) in [6, 6.07) is 5.17. The topological polar surface area (TPSA) is 94.0 Å². The molecule has 3 rings (SSSR count). The Bertz CT molecular complexity index is 636. The van der Waals surface area contributed by atoms with Crippen LogP contribution in [0.25, 0.3) is 11.5 Å². The number of halogens is 1. The zero-order valence-electron chi connectivity index (χ0n) is 9.89. The molecule has 1 aliphatic rings. The smallest absolute Gasteiger partial charge is 0.292 e. The second-order valence-electron chi connectivity index (χ2n) is 4.41. The van der Waals surface area contributed by atoms with Crippen molar-refractivity contribution >= 4 is 23.2 Å². The maximum Gasteiger partial charge on any atom is 0.292 e. The lowest BCUT2D eigenvalue weighted by Gasteiger charge is -1.99. The number of amides is 1. The number of rotatable bonds is 3. The van der Waals surface area contributed by atoms with Crippen molar-refractivity contribution in [3.63, 3.8) is 0 Å². The quantitative estimate of drug-likeness (QED) is 0.836. The third-order valence-electron chi connectivity index (χ3n) is 2.76. The number of aromatic nitrogens is 2. The summed E-state index contributed by atoms with van der Waals surface area (Å²) in [5.41, 5.74) is 6.72. The Morgan fingerprint density at radius 2 is 2.26 bits per heavy atom. The Kier molecular flexibility index (Phi) is 2.87. The largest absolute Gasteiger partial charge is 0.399 e. The predicted octanol–water partition coefficient (Wildman–Crippen LogP) is 1.86. The molecule has 1 heterocycles. The first-order chi connectivity index (χ1) is 9.13. The van der Waals surface area contributed by atoms with Gasteiger partial charge >= 0.3 is 0 Å². The first-order valence-corrected chi connectivity index (χ1v) is 6.21. The SMILES string of the molecule is Nc1ccc(Cl)c(-c2nc(C(=O)NC3CC3)no2)c1. The van der Waals surface area contributed by atoms with Gasteiger partial charge in [0.15, 0.2) is 0 Å². The molecule has 19 heavy (non-hydrogen) atoms. The molecular weight excluding hydrogens is 268 g/mol. The number of hydrogen-bond acceptors (Lipinski definition) is 5. The molecule has 7 heteroatoms. The van der Waals surface area contributed by atoms with E-state index >= 15 is 0 Å². The van der Waals surface area contributed by atoms with Crippen LogP contribution in [-0.4, -0.2) is 22.1 Å². The number of nitrogens with two attached hydrogens (primary N) is 1. The number of anilines is 1. The molecule has 0 spiro atoms. The van der Waals surface area contributed by atoms with Crippen LogP contribution in [0.2, 0.25) is 5.02 Å². The Balaban J connectivity index is 1.87. The van der Waals surface area contributed by atoms with E-state index in [0.717, 1.165) is 12.8 Å². The third kappa shape index (κ3) is 2.53. The molecule has 1 saturated carbocycles. The van der Waals surface area contributed by atoms with Crippen LogP contribution < -0.4 is 11.1 Å². The van der Waals surface area contributed by atoms with Gasteiger partial charge in [-0.15, -0.1) is 0 Å². The van der Waals surface area contributed by atoms with Crippen LogP contribution >= 0.6 is 11.6 Å². The van der Waals surface area contributed by atoms with Crippen molar-refractivity contribution in [3.05, 3.63) is 29.0 Å². The summed E-state index contributed by atoms with van der Waals surface area (Å²) in [5.74, 6) is -0.156. The van der Waals surface area contributed by atoms with Gasteiger partial charge in [0.05, 0.1) is 10.6 Å². The van der Waals surface area contributed by atoms with Crippen LogP contribution in [0.5, 0.6) is 0 Å². The molecule has 1 aliphatic carbocycles. The second-order valence-corrected chi connectivity index (χ2v) is 4.82. The Labute approximate surface area is 113 Å². The van der Waals surface area contributed by atoms with Gasteiger partial charge in [0, 0.05) is 11.7 Å². The molecule has 1 aromatic heterocycles. The summed E-state index contributed by atoms with van der Waals surface area (Å²) < 4.78 is 5.05. The van der Waals surface area contributed by atoms with E-state index in [0.29, 0.717) is 16.3 Å². The standard InChI is InChI=1S/C12H11ClN4O2/c13-9-4-1-6(14)5-8(9)12-16-10(17-19-12)11(18)15-7-2-3-7/h1,4-5,7H,2-3,14H2,(H,15,18). The number of nitrogen functional groups attached to an aromatic ring is 1. The fraction of sp³-hybridized carbons (Fsp3) is 0.250. The van der Waals surface area contributed by atoms with Gasteiger partial charge in [0.25, 0.3) is 17.6 Å². The van der Waals surface area contributed by atoms with Gasteiger partial charge in [0.1, 0.15) is 0 Å². The van der Waals surface area contributed by atoms with Crippen molar-refractivity contribution in [2.24, 2.45) is 0 Å². The number of carbonyl (C=O) groups excluding carboxylic acids is 1. The highest BCUT2D eigenvalue weighted by atomic mass is 35.5. The minimum atomic E-state index is -0.336. The third-order valence-corrected chi connectivity index (χ3v) is 3.09. The fourth-order valence-corrected chi connectivity index (χ4v) is 1.81. The molecular formula is C12H11ClN4O2. The van der Waals surface area contributed by atoms with Crippen molar-refractivity contribution in [1.82, 2.24) is 15.5 Å². The van der Waals surface area contributed by atoms with E-state index < -0.39 is 0 Å². The average molecular weight is 279 g/mol. The highest BCUT2D eigenvalue weighted by molar-refractivity contribution is 6.33. The first kappa shape index (κ1) is 12.0. The van der Waals surface area contributed by atoms with Crippen molar-refractivity contribution < 1.29 is 9.32 Å². The summed E-state index contributed by atoms with van der Waals surface area (Å²) in [7, 11) is 0. The minimum Gasteiger partial charge on any atom is -0.399 e. The van der Waals surface area contributed by atoms with Crippen LogP contribution in [0.15, 0.2) is 22.7 Å². The highest BCUT2D eigenvalue weighted by Gasteiger charge is 2.26. The minimum absolute atomic E-state index is 0.000362. The monoisotopic (exact) mass is 278 g/mol. The number of nitrogens with zero attached hydrogens (tertiary/aromatic N) is 2. The summed E-state index contributed by atoms with van der Waals surface area (Å²) in [5, 5.41) is 6.86. The van der Waals surface area contributed by atoms with Crippen molar-refractivity contribution in [3.8, 4) is 11.5 Å². The van der Waals surface area contributed by atoms with E-state index in [1.807, 2.05) is 0 Å². The lowest BCUT2D eigenvalue weighted by molar-refractivity contribution is 0.0937. The molecule has 1 amide bonds. The van der Waals surface area contributed by atoms with Gasteiger partial charge in [-0.2, -0.15) is 4.98 Å². The van der Waals surface area contributed by atoms with Crippen LogP contribution in [0.1, 0.15) is 23.5 Å². The normalized spacial score (nSPS) is 14.4. The summed E-state index contributed by atoms with van der Waals surface area (Å²) in [6.45, 7) is 0. The zero-order valence-corrected chi connectivity index (χ0v) is 10.6. The van der Waals surface area contributed by atoms with Gasteiger partial charge in [-0.05, 0) is 31.0 Å². The Morgan fingerprint density at radius 1 is 1.47 bits per heavy atom. The molecule has 0 bridgehead atoms. The van der Waals surface area contributed by atoms with E-state index in [-0.39, 0.29) is 23.7 Å². The first-order valence-electron chi connectivity index (χ1n) is 5.83. The maximum atomic E-state index is 11.7. The summed E-state index contributed by atoms with van der Waals surface area (Å²) in [6.07, 6.45) is 2.00. The number of carbonyl (C=O) groups is 1. The van der Waals surface area contributed by atoms with Crippen LogP contribution in [0.4, 0.5) is 5.69 Å². The summed E-state index contributed by atoms with van der Waals surface area (Å²) in [4.78, 5) is 15.8. The maximum absolute atomic E-state index is 11.7. The zero-order chi connectivity index (χ0) is 13.4. The molecule has 0 radical (unpaired) electrons. The number of hydrogen-bond donors (Lipinski definition) is 2. The Hall–Kier alpha value is -2.08. The Morgan fingerprint density at radius 3 is 3.00 bits per heavy atom. The van der Waals surface area contributed by atoms with Gasteiger partial charge in [0.2, 0.25) is 0 Å². The van der Waals surface area contributed by atoms with E-state index in [1.54, 1.807) is 18.2 Å². The lowest BCUT2D eigenvalue weighted by Crippen LogP contribution is -2.26. The van der Waals surface area contributed by atoms with Crippen molar-refractivity contribution in [2.45, 2.75) is 18.9 Å². The van der Waals surface area contributed by atoms with E-state index in [1.165, 1.54) is 0 Å². The van der Waals surface area contributed by atoms with Crippen molar-refractivity contribution in [2.75, 3.05) is 5.73 Å². The average Bonchev–Trinajstić information content (AvgIpc) is 3.06. The summed E-state index contributed by atoms with van der Waals surface area (Å²) >= 11 is 6.03. The van der Waals surface area contributed by atoms with Gasteiger partial charge in [-0.3, -0.25) is 4.79 Å². The van der Waals surface area contributed by atoms with E-state index in [4.69, 9.17) is 21.9 Å². The molecule has 0 saturated heterocycles. The molecule has 0 aliphatic heterocycles. The van der Waals surface area contributed by atoms with Crippen LogP contribution in [-0.2, 0) is 0 Å².